The molecule has 2 aliphatic rings. The highest BCUT2D eigenvalue weighted by molar-refractivity contribution is 8.00. The Labute approximate surface area is 263 Å². The van der Waals surface area contributed by atoms with Crippen molar-refractivity contribution < 1.29 is 61.4 Å². The van der Waals surface area contributed by atoms with Gasteiger partial charge in [-0.15, -0.1) is 0 Å². The molecule has 2 saturated heterocycles. The highest BCUT2D eigenvalue weighted by Gasteiger charge is 2.42. The minimum atomic E-state index is -4.85. The average Bonchev–Trinajstić information content (AvgIpc) is 3.50. The summed E-state index contributed by atoms with van der Waals surface area (Å²) in [5.74, 6) is 0.978. The summed E-state index contributed by atoms with van der Waals surface area (Å²) in [6.07, 6.45) is 2.73. The van der Waals surface area contributed by atoms with Crippen molar-refractivity contribution in [2.45, 2.75) is 75.0 Å². The second-order valence-electron chi connectivity index (χ2n) is 10.7. The van der Waals surface area contributed by atoms with E-state index < -0.39 is 33.8 Å². The van der Waals surface area contributed by atoms with E-state index in [2.05, 4.69) is 20.5 Å². The zero-order valence-electron chi connectivity index (χ0n) is 25.4. The fourth-order valence-electron chi connectivity index (χ4n) is 4.28. The second kappa shape index (κ2) is 21.1. The van der Waals surface area contributed by atoms with Crippen LogP contribution >= 0.6 is 27.2 Å². The number of hydrogen-bond acceptors (Lipinski definition) is 11. The molecule has 0 aromatic carbocycles. The van der Waals surface area contributed by atoms with Gasteiger partial charge in [-0.25, -0.2) is 9.36 Å². The molecule has 0 radical (unpaired) electrons. The molecule has 5 unspecified atom stereocenters. The summed E-state index contributed by atoms with van der Waals surface area (Å²) in [5, 5.41) is 9.24. The Balaban J connectivity index is 1.34. The van der Waals surface area contributed by atoms with Gasteiger partial charge in [0.2, 0.25) is 5.91 Å². The third kappa shape index (κ3) is 17.2. The van der Waals surface area contributed by atoms with Gasteiger partial charge in [0.1, 0.15) is 6.10 Å². The first-order valence-electron chi connectivity index (χ1n) is 14.8. The molecular formula is C25H49N3O13P2S. The summed E-state index contributed by atoms with van der Waals surface area (Å²) in [7, 11) is -8.78. The lowest BCUT2D eigenvalue weighted by Crippen LogP contribution is -2.36. The number of hydrogen-bond donors (Lipinski definition) is 6. The molecule has 0 bridgehead atoms. The van der Waals surface area contributed by atoms with Crippen LogP contribution in [-0.2, 0) is 41.9 Å². The van der Waals surface area contributed by atoms with Gasteiger partial charge in [-0.3, -0.25) is 13.9 Å². The molecule has 16 nitrogen and oxygen atoms in total. The molecule has 5 atom stereocenters. The molecule has 0 aromatic heterocycles. The maximum atomic E-state index is 12.0. The normalized spacial score (nSPS) is 22.0. The van der Waals surface area contributed by atoms with Crippen molar-refractivity contribution in [2.24, 2.45) is 0 Å². The van der Waals surface area contributed by atoms with E-state index in [9.17, 15) is 23.6 Å². The third-order valence-electron chi connectivity index (χ3n) is 6.67. The van der Waals surface area contributed by atoms with Gasteiger partial charge in [-0.05, 0) is 19.3 Å². The van der Waals surface area contributed by atoms with E-state index in [1.807, 2.05) is 11.8 Å². The van der Waals surface area contributed by atoms with Gasteiger partial charge >= 0.3 is 21.4 Å². The van der Waals surface area contributed by atoms with Crippen molar-refractivity contribution in [3.8, 4) is 0 Å². The van der Waals surface area contributed by atoms with Crippen LogP contribution in [-0.4, -0.2) is 127 Å². The minimum absolute atomic E-state index is 0.0367. The lowest BCUT2D eigenvalue weighted by molar-refractivity contribution is -0.121. The number of thioether (sulfide) groups is 1. The molecule has 0 saturated carbocycles. The number of urea groups is 1. The predicted molar refractivity (Wildman–Crippen MR) is 163 cm³/mol. The summed E-state index contributed by atoms with van der Waals surface area (Å²) >= 11 is 1.88. The number of carbonyl (C=O) groups excluding carboxylic acids is 2. The summed E-state index contributed by atoms with van der Waals surface area (Å²) < 4.78 is 54.0. The molecule has 3 amide bonds. The van der Waals surface area contributed by atoms with Crippen LogP contribution in [0.25, 0.3) is 0 Å². The van der Waals surface area contributed by atoms with Gasteiger partial charge in [0.05, 0.1) is 70.6 Å². The number of ether oxygens (including phenoxy) is 4. The number of amides is 3. The number of phosphoric acid groups is 1. The number of rotatable bonds is 26. The topological polar surface area (TPSA) is 220 Å². The molecular weight excluding hydrogens is 644 g/mol. The zero-order valence-corrected chi connectivity index (χ0v) is 28.0. The molecule has 2 fully saturated rings. The van der Waals surface area contributed by atoms with Crippen LogP contribution in [0.2, 0.25) is 0 Å². The lowest BCUT2D eigenvalue weighted by atomic mass is 10.0. The Morgan fingerprint density at radius 2 is 1.57 bits per heavy atom. The third-order valence-corrected chi connectivity index (χ3v) is 10.6. The van der Waals surface area contributed by atoms with E-state index in [1.165, 1.54) is 13.8 Å². The average molecular weight is 694 g/mol. The van der Waals surface area contributed by atoms with Crippen molar-refractivity contribution in [3.05, 3.63) is 0 Å². The molecule has 0 spiro atoms. The Hall–Kier alpha value is -0.810. The summed E-state index contributed by atoms with van der Waals surface area (Å²) in [4.78, 5) is 51.2. The summed E-state index contributed by atoms with van der Waals surface area (Å²) in [6.45, 7) is 4.97. The monoisotopic (exact) mass is 693 g/mol. The van der Waals surface area contributed by atoms with Gasteiger partial charge in [-0.1, -0.05) is 20.3 Å². The SMILES string of the molecule is CC(C)P(=O)(O)OCC(COCCOCCOCCOCCCNC(=O)CCCCC1SCC2NC(=O)NC21)OP(=O)(O)O. The molecule has 0 aliphatic carbocycles. The van der Waals surface area contributed by atoms with E-state index in [-0.39, 0.29) is 43.8 Å². The highest BCUT2D eigenvalue weighted by atomic mass is 32.2. The van der Waals surface area contributed by atoms with Crippen molar-refractivity contribution in [3.63, 3.8) is 0 Å². The second-order valence-corrected chi connectivity index (χ2v) is 15.5. The first kappa shape index (κ1) is 39.4. The number of nitrogens with one attached hydrogen (secondary N) is 3. The largest absolute Gasteiger partial charge is 0.470 e. The number of phosphoric ester groups is 1. The summed E-state index contributed by atoms with van der Waals surface area (Å²) in [6, 6.07) is 0.354. The van der Waals surface area contributed by atoms with Crippen LogP contribution < -0.4 is 16.0 Å². The van der Waals surface area contributed by atoms with Gasteiger partial charge in [0.25, 0.3) is 0 Å². The van der Waals surface area contributed by atoms with Gasteiger partial charge in [-0.2, -0.15) is 11.8 Å². The molecule has 2 heterocycles. The first-order chi connectivity index (χ1) is 20.9. The van der Waals surface area contributed by atoms with Crippen LogP contribution in [0.1, 0.15) is 46.0 Å². The predicted octanol–water partition coefficient (Wildman–Crippen LogP) is 1.37. The highest BCUT2D eigenvalue weighted by Crippen LogP contribution is 2.48. The maximum Gasteiger partial charge on any atom is 0.470 e. The smallest absolute Gasteiger partial charge is 0.379 e. The quantitative estimate of drug-likeness (QED) is 0.0428. The van der Waals surface area contributed by atoms with Crippen molar-refractivity contribution in [2.75, 3.05) is 71.8 Å². The van der Waals surface area contributed by atoms with Crippen LogP contribution in [0.3, 0.4) is 0 Å². The number of carbonyl (C=O) groups is 2. The van der Waals surface area contributed by atoms with Crippen LogP contribution in [0, 0.1) is 0 Å². The van der Waals surface area contributed by atoms with Gasteiger partial charge < -0.3 is 54.1 Å². The van der Waals surface area contributed by atoms with Crippen molar-refractivity contribution in [1.29, 1.82) is 0 Å². The molecule has 2 rings (SSSR count). The molecule has 6 N–H and O–H groups in total. The van der Waals surface area contributed by atoms with E-state index in [4.69, 9.17) is 33.3 Å². The Morgan fingerprint density at radius 3 is 2.20 bits per heavy atom. The molecule has 2 aliphatic heterocycles. The van der Waals surface area contributed by atoms with Gasteiger partial charge in [0, 0.05) is 30.6 Å². The Kier molecular flexibility index (Phi) is 18.9. The zero-order chi connectivity index (χ0) is 32.4. The molecule has 44 heavy (non-hydrogen) atoms. The summed E-state index contributed by atoms with van der Waals surface area (Å²) in [5.41, 5.74) is -0.680. The van der Waals surface area contributed by atoms with E-state index >= 15 is 0 Å². The molecule has 258 valence electrons. The Bertz CT molecular complexity index is 945. The standard InChI is InChI=1S/C25H49N3O13P2S/c1-19(2)42(31,32)40-17-20(41-43(33,34)35)16-39-15-14-38-13-12-37-11-10-36-9-5-8-26-23(29)7-4-3-6-22-24-21(18-44-22)27-25(30)28-24/h19-22,24H,3-18H2,1-2H3,(H,26,29)(H,31,32)(H2,27,28,30)(H2,33,34,35). The minimum Gasteiger partial charge on any atom is -0.379 e. The molecule has 0 aromatic rings. The van der Waals surface area contributed by atoms with Crippen LogP contribution in [0.5, 0.6) is 0 Å². The Morgan fingerprint density at radius 1 is 0.932 bits per heavy atom. The molecule has 19 heteroatoms. The van der Waals surface area contributed by atoms with E-state index in [0.29, 0.717) is 57.7 Å². The first-order valence-corrected chi connectivity index (χ1v) is 19.1. The fraction of sp³-hybridized carbons (Fsp3) is 0.920. The lowest BCUT2D eigenvalue weighted by Gasteiger charge is -2.21. The van der Waals surface area contributed by atoms with Crippen molar-refractivity contribution in [1.82, 2.24) is 16.0 Å². The maximum absolute atomic E-state index is 12.0. The fourth-order valence-corrected chi connectivity index (χ4v) is 7.01. The van der Waals surface area contributed by atoms with Crippen LogP contribution in [0.15, 0.2) is 0 Å². The van der Waals surface area contributed by atoms with Crippen LogP contribution in [0.4, 0.5) is 4.79 Å². The van der Waals surface area contributed by atoms with Crippen molar-refractivity contribution >= 4 is 39.1 Å². The van der Waals surface area contributed by atoms with E-state index in [1.54, 1.807) is 0 Å². The van der Waals surface area contributed by atoms with E-state index in [0.717, 1.165) is 25.0 Å². The van der Waals surface area contributed by atoms with Gasteiger partial charge in [0.15, 0.2) is 0 Å². The number of unbranched alkanes of at least 4 members (excludes halogenated alkanes) is 1. The number of fused-ring (bicyclic) bond motifs is 1.